The lowest BCUT2D eigenvalue weighted by atomic mass is 10.00. The zero-order valence-electron chi connectivity index (χ0n) is 15.6. The SMILES string of the molecule is Cn1ncc2cc(NC3(c4ccccc4)C=NC(c4ccccc4)N3)ccc21. The van der Waals surface area contributed by atoms with Crippen molar-refractivity contribution in [1.29, 1.82) is 0 Å². The summed E-state index contributed by atoms with van der Waals surface area (Å²) in [6.07, 6.45) is 3.77. The van der Waals surface area contributed by atoms with Crippen molar-refractivity contribution in [3.63, 3.8) is 0 Å². The van der Waals surface area contributed by atoms with Crippen molar-refractivity contribution < 1.29 is 0 Å². The summed E-state index contributed by atoms with van der Waals surface area (Å²) >= 11 is 0. The van der Waals surface area contributed by atoms with Crippen molar-refractivity contribution in [3.8, 4) is 0 Å². The summed E-state index contributed by atoms with van der Waals surface area (Å²) in [6.45, 7) is 0. The van der Waals surface area contributed by atoms with Crippen molar-refractivity contribution >= 4 is 22.8 Å². The normalized spacial score (nSPS) is 21.2. The first-order valence-electron chi connectivity index (χ1n) is 9.36. The Bertz CT molecular complexity index is 1130. The second kappa shape index (κ2) is 6.62. The number of rotatable bonds is 4. The van der Waals surface area contributed by atoms with Crippen LogP contribution < -0.4 is 10.6 Å². The third kappa shape index (κ3) is 2.86. The number of hydrogen-bond donors (Lipinski definition) is 2. The van der Waals surface area contributed by atoms with Crippen molar-refractivity contribution in [3.05, 3.63) is 96.2 Å². The lowest BCUT2D eigenvalue weighted by Gasteiger charge is -2.31. The summed E-state index contributed by atoms with van der Waals surface area (Å²) < 4.78 is 1.88. The fourth-order valence-electron chi connectivity index (χ4n) is 3.75. The summed E-state index contributed by atoms with van der Waals surface area (Å²) in [6, 6.07) is 26.9. The highest BCUT2D eigenvalue weighted by atomic mass is 15.3. The molecule has 0 saturated carbocycles. The zero-order chi connectivity index (χ0) is 19.0. The third-order valence-electron chi connectivity index (χ3n) is 5.21. The smallest absolute Gasteiger partial charge is 0.153 e. The average molecular weight is 367 g/mol. The number of nitrogens with zero attached hydrogens (tertiary/aromatic N) is 3. The van der Waals surface area contributed by atoms with Gasteiger partial charge in [0.1, 0.15) is 6.17 Å². The van der Waals surface area contributed by atoms with Crippen LogP contribution in [0.25, 0.3) is 10.9 Å². The van der Waals surface area contributed by atoms with Gasteiger partial charge in [-0.25, -0.2) is 0 Å². The molecule has 0 fully saturated rings. The van der Waals surface area contributed by atoms with Gasteiger partial charge in [-0.1, -0.05) is 60.7 Å². The van der Waals surface area contributed by atoms with Crippen molar-refractivity contribution in [2.75, 3.05) is 5.32 Å². The highest BCUT2D eigenvalue weighted by Gasteiger charge is 2.37. The van der Waals surface area contributed by atoms with E-state index in [9.17, 15) is 0 Å². The molecule has 5 rings (SSSR count). The molecule has 1 aliphatic rings. The van der Waals surface area contributed by atoms with Gasteiger partial charge in [0.15, 0.2) is 5.66 Å². The second-order valence-corrected chi connectivity index (χ2v) is 7.08. The average Bonchev–Trinajstić information content (AvgIpc) is 3.34. The van der Waals surface area contributed by atoms with Gasteiger partial charge in [0.05, 0.1) is 11.7 Å². The van der Waals surface area contributed by atoms with Crippen molar-refractivity contribution in [2.45, 2.75) is 11.8 Å². The molecule has 1 aliphatic heterocycles. The summed E-state index contributed by atoms with van der Waals surface area (Å²) in [5, 5.41) is 12.8. The van der Waals surface area contributed by atoms with Crippen LogP contribution in [0.2, 0.25) is 0 Å². The van der Waals surface area contributed by atoms with Crippen LogP contribution in [0.1, 0.15) is 17.3 Å². The van der Waals surface area contributed by atoms with E-state index in [1.807, 2.05) is 48.4 Å². The molecule has 2 heterocycles. The minimum atomic E-state index is -0.586. The molecule has 2 unspecified atom stereocenters. The first-order chi connectivity index (χ1) is 13.7. The Morgan fingerprint density at radius 2 is 1.71 bits per heavy atom. The first-order valence-corrected chi connectivity index (χ1v) is 9.36. The minimum Gasteiger partial charge on any atom is -0.359 e. The Hall–Kier alpha value is -3.44. The van der Waals surface area contributed by atoms with E-state index in [1.54, 1.807) is 0 Å². The van der Waals surface area contributed by atoms with E-state index in [-0.39, 0.29) is 6.17 Å². The topological polar surface area (TPSA) is 54.2 Å². The largest absolute Gasteiger partial charge is 0.359 e. The molecule has 0 radical (unpaired) electrons. The van der Waals surface area contributed by atoms with Gasteiger partial charge in [-0.2, -0.15) is 5.10 Å². The number of aryl methyl sites for hydroxylation is 1. The van der Waals surface area contributed by atoms with Gasteiger partial charge in [-0.3, -0.25) is 15.0 Å². The van der Waals surface area contributed by atoms with Crippen LogP contribution in [-0.2, 0) is 12.7 Å². The number of aliphatic imine (C=N–C) groups is 1. The molecule has 4 aromatic rings. The molecule has 1 aromatic heterocycles. The van der Waals surface area contributed by atoms with Gasteiger partial charge >= 0.3 is 0 Å². The fourth-order valence-corrected chi connectivity index (χ4v) is 3.75. The van der Waals surface area contributed by atoms with Crippen molar-refractivity contribution in [1.82, 2.24) is 15.1 Å². The molecular formula is C23H21N5. The number of fused-ring (bicyclic) bond motifs is 1. The van der Waals surface area contributed by atoms with E-state index in [2.05, 4.69) is 70.3 Å². The monoisotopic (exact) mass is 367 g/mol. The Labute approximate surface area is 163 Å². The van der Waals surface area contributed by atoms with E-state index in [1.165, 1.54) is 0 Å². The molecule has 3 aromatic carbocycles. The maximum absolute atomic E-state index is 4.78. The predicted molar refractivity (Wildman–Crippen MR) is 113 cm³/mol. The Balaban J connectivity index is 1.53. The fraction of sp³-hybridized carbons (Fsp3) is 0.130. The second-order valence-electron chi connectivity index (χ2n) is 7.08. The Morgan fingerprint density at radius 1 is 0.964 bits per heavy atom. The number of aromatic nitrogens is 2. The van der Waals surface area contributed by atoms with Crippen LogP contribution >= 0.6 is 0 Å². The van der Waals surface area contributed by atoms with Crippen LogP contribution in [0.5, 0.6) is 0 Å². The Morgan fingerprint density at radius 3 is 2.50 bits per heavy atom. The quantitative estimate of drug-likeness (QED) is 0.568. The molecule has 2 atom stereocenters. The van der Waals surface area contributed by atoms with E-state index in [0.717, 1.165) is 27.7 Å². The minimum absolute atomic E-state index is 0.101. The van der Waals surface area contributed by atoms with Crippen LogP contribution in [-0.4, -0.2) is 16.0 Å². The van der Waals surface area contributed by atoms with Gasteiger partial charge in [-0.05, 0) is 29.3 Å². The van der Waals surface area contributed by atoms with Gasteiger partial charge in [0.25, 0.3) is 0 Å². The molecule has 0 aliphatic carbocycles. The van der Waals surface area contributed by atoms with Crippen LogP contribution in [0, 0.1) is 0 Å². The molecule has 0 amide bonds. The van der Waals surface area contributed by atoms with E-state index in [0.29, 0.717) is 0 Å². The molecule has 0 spiro atoms. The standard InChI is InChI=1S/C23H21N5/c1-28-21-13-12-20(14-18(21)15-25-28)26-23(19-10-6-3-7-11-19)16-24-22(27-23)17-8-4-2-5-9-17/h2-16,22,26-27H,1H3. The predicted octanol–water partition coefficient (Wildman–Crippen LogP) is 4.21. The molecule has 28 heavy (non-hydrogen) atoms. The van der Waals surface area contributed by atoms with Crippen LogP contribution in [0.15, 0.2) is 90.1 Å². The number of benzene rings is 3. The maximum Gasteiger partial charge on any atom is 0.153 e. The maximum atomic E-state index is 4.78. The Kier molecular flexibility index (Phi) is 3.95. The summed E-state index contributed by atoms with van der Waals surface area (Å²) in [7, 11) is 1.95. The van der Waals surface area contributed by atoms with E-state index < -0.39 is 5.66 Å². The van der Waals surface area contributed by atoms with Crippen molar-refractivity contribution in [2.24, 2.45) is 12.0 Å². The lowest BCUT2D eigenvalue weighted by molar-refractivity contribution is 0.473. The van der Waals surface area contributed by atoms with Gasteiger partial charge in [-0.15, -0.1) is 0 Å². The summed E-state index contributed by atoms with van der Waals surface area (Å²) in [5.74, 6) is 0. The number of anilines is 1. The highest BCUT2D eigenvalue weighted by Crippen LogP contribution is 2.32. The lowest BCUT2D eigenvalue weighted by Crippen LogP contribution is -2.47. The summed E-state index contributed by atoms with van der Waals surface area (Å²) in [4.78, 5) is 4.78. The first kappa shape index (κ1) is 16.7. The number of hydrogen-bond acceptors (Lipinski definition) is 4. The molecular weight excluding hydrogens is 346 g/mol. The third-order valence-corrected chi connectivity index (χ3v) is 5.21. The van der Waals surface area contributed by atoms with E-state index in [4.69, 9.17) is 4.99 Å². The molecule has 5 heteroatoms. The highest BCUT2D eigenvalue weighted by molar-refractivity contribution is 5.85. The van der Waals surface area contributed by atoms with E-state index >= 15 is 0 Å². The van der Waals surface area contributed by atoms with Crippen LogP contribution in [0.4, 0.5) is 5.69 Å². The molecule has 5 nitrogen and oxygen atoms in total. The molecule has 2 N–H and O–H groups in total. The van der Waals surface area contributed by atoms with Gasteiger partial charge in [0.2, 0.25) is 0 Å². The van der Waals surface area contributed by atoms with Crippen LogP contribution in [0.3, 0.4) is 0 Å². The number of nitrogens with one attached hydrogen (secondary N) is 2. The molecule has 0 saturated heterocycles. The van der Waals surface area contributed by atoms with Gasteiger partial charge in [0, 0.05) is 24.3 Å². The molecule has 138 valence electrons. The zero-order valence-corrected chi connectivity index (χ0v) is 15.6. The summed E-state index contributed by atoms with van der Waals surface area (Å²) in [5.41, 5.74) is 3.79. The molecule has 0 bridgehead atoms. The van der Waals surface area contributed by atoms with Gasteiger partial charge < -0.3 is 5.32 Å².